The number of amides is 1. The van der Waals surface area contributed by atoms with Gasteiger partial charge in [0.15, 0.2) is 17.1 Å². The molecule has 7 nitrogen and oxygen atoms in total. The zero-order chi connectivity index (χ0) is 20.8. The average Bonchev–Trinajstić information content (AvgIpc) is 3.09. The van der Waals surface area contributed by atoms with Gasteiger partial charge in [-0.2, -0.15) is 0 Å². The number of aryl methyl sites for hydroxylation is 1. The third-order valence-electron chi connectivity index (χ3n) is 4.25. The molecule has 0 bridgehead atoms. The van der Waals surface area contributed by atoms with Gasteiger partial charge in [0.2, 0.25) is 5.91 Å². The highest BCUT2D eigenvalue weighted by atomic mass is 32.2. The van der Waals surface area contributed by atoms with E-state index in [1.165, 1.54) is 11.8 Å². The van der Waals surface area contributed by atoms with Crippen molar-refractivity contribution in [2.24, 2.45) is 7.05 Å². The molecule has 0 aliphatic rings. The summed E-state index contributed by atoms with van der Waals surface area (Å²) >= 11 is 1.33. The SMILES string of the molecule is COc1cccc(OC(C)c2nnc(SCC(=O)Nc3ccc(C)cc3)n2C)c1. The van der Waals surface area contributed by atoms with Crippen LogP contribution in [0.3, 0.4) is 0 Å². The fourth-order valence-electron chi connectivity index (χ4n) is 2.70. The lowest BCUT2D eigenvalue weighted by atomic mass is 10.2. The van der Waals surface area contributed by atoms with Crippen LogP contribution >= 0.6 is 11.8 Å². The first-order valence-electron chi connectivity index (χ1n) is 9.15. The van der Waals surface area contributed by atoms with E-state index in [2.05, 4.69) is 15.5 Å². The number of carbonyl (C=O) groups excluding carboxylic acids is 1. The van der Waals surface area contributed by atoms with E-state index in [9.17, 15) is 4.79 Å². The quantitative estimate of drug-likeness (QED) is 0.564. The Kier molecular flexibility index (Phi) is 6.77. The molecule has 0 aliphatic heterocycles. The summed E-state index contributed by atoms with van der Waals surface area (Å²) in [4.78, 5) is 12.2. The number of hydrogen-bond acceptors (Lipinski definition) is 6. The third-order valence-corrected chi connectivity index (χ3v) is 5.27. The van der Waals surface area contributed by atoms with Crippen molar-refractivity contribution in [2.75, 3.05) is 18.2 Å². The van der Waals surface area contributed by atoms with Crippen LogP contribution in [0.5, 0.6) is 11.5 Å². The van der Waals surface area contributed by atoms with Crippen LogP contribution in [0, 0.1) is 6.92 Å². The number of nitrogens with one attached hydrogen (secondary N) is 1. The summed E-state index contributed by atoms with van der Waals surface area (Å²) in [5.74, 6) is 2.23. The molecule has 0 saturated carbocycles. The Morgan fingerprint density at radius 2 is 1.90 bits per heavy atom. The monoisotopic (exact) mass is 412 g/mol. The van der Waals surface area contributed by atoms with E-state index in [0.717, 1.165) is 17.0 Å². The Hall–Kier alpha value is -3.00. The number of anilines is 1. The summed E-state index contributed by atoms with van der Waals surface area (Å²) in [6, 6.07) is 15.1. The molecule has 1 aromatic heterocycles. The van der Waals surface area contributed by atoms with Gasteiger partial charge in [-0.1, -0.05) is 35.5 Å². The summed E-state index contributed by atoms with van der Waals surface area (Å²) in [6.07, 6.45) is -0.310. The highest BCUT2D eigenvalue weighted by Crippen LogP contribution is 2.26. The van der Waals surface area contributed by atoms with E-state index in [1.54, 1.807) is 7.11 Å². The van der Waals surface area contributed by atoms with E-state index < -0.39 is 0 Å². The fourth-order valence-corrected chi connectivity index (χ4v) is 3.42. The molecular formula is C21H24N4O3S. The number of rotatable bonds is 8. The molecule has 1 N–H and O–H groups in total. The Labute approximate surface area is 174 Å². The summed E-state index contributed by atoms with van der Waals surface area (Å²) < 4.78 is 13.0. The predicted molar refractivity (Wildman–Crippen MR) is 114 cm³/mol. The van der Waals surface area contributed by atoms with E-state index in [0.29, 0.717) is 16.7 Å². The van der Waals surface area contributed by atoms with Gasteiger partial charge in [-0.15, -0.1) is 10.2 Å². The van der Waals surface area contributed by atoms with Gasteiger partial charge in [-0.3, -0.25) is 4.79 Å². The van der Waals surface area contributed by atoms with Crippen LogP contribution in [0.4, 0.5) is 5.69 Å². The first-order valence-corrected chi connectivity index (χ1v) is 10.1. The second-order valence-corrected chi connectivity index (χ2v) is 7.48. The zero-order valence-electron chi connectivity index (χ0n) is 16.9. The number of carbonyl (C=O) groups is 1. The average molecular weight is 413 g/mol. The largest absolute Gasteiger partial charge is 0.497 e. The molecule has 29 heavy (non-hydrogen) atoms. The highest BCUT2D eigenvalue weighted by Gasteiger charge is 2.18. The Morgan fingerprint density at radius 1 is 1.17 bits per heavy atom. The number of ether oxygens (including phenoxy) is 2. The zero-order valence-corrected chi connectivity index (χ0v) is 17.7. The summed E-state index contributed by atoms with van der Waals surface area (Å²) in [5.41, 5.74) is 1.93. The lowest BCUT2D eigenvalue weighted by Crippen LogP contribution is -2.14. The van der Waals surface area contributed by atoms with Crippen LogP contribution in [0.15, 0.2) is 53.7 Å². The van der Waals surface area contributed by atoms with Gasteiger partial charge in [0, 0.05) is 18.8 Å². The molecule has 3 aromatic rings. The van der Waals surface area contributed by atoms with Crippen LogP contribution in [-0.4, -0.2) is 33.5 Å². The van der Waals surface area contributed by atoms with E-state index in [-0.39, 0.29) is 17.8 Å². The van der Waals surface area contributed by atoms with Gasteiger partial charge in [-0.05, 0) is 38.1 Å². The summed E-state index contributed by atoms with van der Waals surface area (Å²) in [7, 11) is 3.48. The van der Waals surface area contributed by atoms with Crippen LogP contribution in [0.2, 0.25) is 0 Å². The number of hydrogen-bond donors (Lipinski definition) is 1. The van der Waals surface area contributed by atoms with Crippen molar-refractivity contribution in [3.8, 4) is 11.5 Å². The molecule has 1 atom stereocenters. The van der Waals surface area contributed by atoms with Crippen LogP contribution in [0.25, 0.3) is 0 Å². The molecule has 0 aliphatic carbocycles. The van der Waals surface area contributed by atoms with Crippen LogP contribution in [-0.2, 0) is 11.8 Å². The van der Waals surface area contributed by atoms with Crippen molar-refractivity contribution in [2.45, 2.75) is 25.1 Å². The number of thioether (sulfide) groups is 1. The van der Waals surface area contributed by atoms with E-state index in [1.807, 2.05) is 74.0 Å². The standard InChI is InChI=1S/C21H24N4O3S/c1-14-8-10-16(11-9-14)22-19(26)13-29-21-24-23-20(25(21)3)15(2)28-18-7-5-6-17(12-18)27-4/h5-12,15H,13H2,1-4H3,(H,22,26). The first kappa shape index (κ1) is 20.7. The Balaban J connectivity index is 1.58. The molecule has 8 heteroatoms. The number of methoxy groups -OCH3 is 1. The number of benzene rings is 2. The molecule has 0 saturated heterocycles. The third kappa shape index (κ3) is 5.51. The van der Waals surface area contributed by atoms with Gasteiger partial charge in [0.25, 0.3) is 0 Å². The van der Waals surface area contributed by atoms with Crippen molar-refractivity contribution < 1.29 is 14.3 Å². The highest BCUT2D eigenvalue weighted by molar-refractivity contribution is 7.99. The molecular weight excluding hydrogens is 388 g/mol. The van der Waals surface area contributed by atoms with Crippen molar-refractivity contribution in [1.29, 1.82) is 0 Å². The molecule has 0 radical (unpaired) electrons. The maximum Gasteiger partial charge on any atom is 0.234 e. The van der Waals surface area contributed by atoms with Gasteiger partial charge in [0.1, 0.15) is 11.5 Å². The van der Waals surface area contributed by atoms with Crippen LogP contribution < -0.4 is 14.8 Å². The first-order chi connectivity index (χ1) is 14.0. The van der Waals surface area contributed by atoms with Crippen LogP contribution in [0.1, 0.15) is 24.4 Å². The van der Waals surface area contributed by atoms with Gasteiger partial charge < -0.3 is 19.4 Å². The fraction of sp³-hybridized carbons (Fsp3) is 0.286. The van der Waals surface area contributed by atoms with E-state index in [4.69, 9.17) is 9.47 Å². The minimum Gasteiger partial charge on any atom is -0.497 e. The molecule has 152 valence electrons. The lowest BCUT2D eigenvalue weighted by molar-refractivity contribution is -0.113. The summed E-state index contributed by atoms with van der Waals surface area (Å²) in [5, 5.41) is 12.0. The maximum atomic E-state index is 12.2. The van der Waals surface area contributed by atoms with E-state index >= 15 is 0 Å². The maximum absolute atomic E-state index is 12.2. The van der Waals surface area contributed by atoms with Gasteiger partial charge in [-0.25, -0.2) is 0 Å². The van der Waals surface area contributed by atoms with Crippen molar-refractivity contribution in [1.82, 2.24) is 14.8 Å². The summed E-state index contributed by atoms with van der Waals surface area (Å²) in [6.45, 7) is 3.91. The molecule has 1 amide bonds. The minimum absolute atomic E-state index is 0.0934. The number of aromatic nitrogens is 3. The molecule has 1 unspecified atom stereocenters. The van der Waals surface area contributed by atoms with Gasteiger partial charge in [0.05, 0.1) is 12.9 Å². The molecule has 2 aromatic carbocycles. The molecule has 0 fully saturated rings. The smallest absolute Gasteiger partial charge is 0.234 e. The normalized spacial score (nSPS) is 11.7. The molecule has 1 heterocycles. The topological polar surface area (TPSA) is 78.3 Å². The molecule has 3 rings (SSSR count). The second-order valence-electron chi connectivity index (χ2n) is 6.54. The number of nitrogens with zero attached hydrogens (tertiary/aromatic N) is 3. The van der Waals surface area contributed by atoms with Crippen molar-refractivity contribution >= 4 is 23.4 Å². The van der Waals surface area contributed by atoms with Crippen molar-refractivity contribution in [3.63, 3.8) is 0 Å². The van der Waals surface area contributed by atoms with Gasteiger partial charge >= 0.3 is 0 Å². The lowest BCUT2D eigenvalue weighted by Gasteiger charge is -2.14. The second kappa shape index (κ2) is 9.47. The van der Waals surface area contributed by atoms with Crippen molar-refractivity contribution in [3.05, 3.63) is 59.9 Å². The predicted octanol–water partition coefficient (Wildman–Crippen LogP) is 4.00. The minimum atomic E-state index is -0.310. The molecule has 0 spiro atoms. The Morgan fingerprint density at radius 3 is 2.62 bits per heavy atom. The Bertz CT molecular complexity index is 972.